The summed E-state index contributed by atoms with van der Waals surface area (Å²) in [6.07, 6.45) is -0.251. The van der Waals surface area contributed by atoms with E-state index in [4.69, 9.17) is 4.74 Å². The third-order valence-electron chi connectivity index (χ3n) is 7.40. The molecule has 230 valence electrons. The minimum Gasteiger partial charge on any atom is -0.438 e. The molecule has 9 nitrogen and oxygen atoms in total. The van der Waals surface area contributed by atoms with E-state index in [0.29, 0.717) is 41.8 Å². The topological polar surface area (TPSA) is 96.4 Å². The molecule has 1 atom stereocenters. The number of ether oxygens (including phenoxy) is 1. The predicted octanol–water partition coefficient (Wildman–Crippen LogP) is 5.83. The van der Waals surface area contributed by atoms with Crippen LogP contribution in [0.5, 0.6) is 11.6 Å². The summed E-state index contributed by atoms with van der Waals surface area (Å²) in [4.78, 5) is 34.5. The molecule has 2 aromatic carbocycles. The van der Waals surface area contributed by atoms with E-state index in [1.807, 2.05) is 21.0 Å². The quantitative estimate of drug-likeness (QED) is 0.237. The molecule has 5 rings (SSSR count). The number of halogens is 4. The second-order valence-corrected chi connectivity index (χ2v) is 10.6. The Balaban J connectivity index is 1.41. The Labute approximate surface area is 251 Å². The van der Waals surface area contributed by atoms with Crippen LogP contribution < -0.4 is 10.1 Å². The molecule has 1 N–H and O–H groups in total. The molecule has 0 unspecified atom stereocenters. The number of anilines is 1. The first-order valence-corrected chi connectivity index (χ1v) is 14.0. The van der Waals surface area contributed by atoms with Gasteiger partial charge in [-0.1, -0.05) is 13.0 Å². The summed E-state index contributed by atoms with van der Waals surface area (Å²) in [5, 5.41) is 2.51. The number of hydrogen-bond acceptors (Lipinski definition) is 8. The van der Waals surface area contributed by atoms with E-state index in [9.17, 15) is 22.4 Å². The molecule has 1 fully saturated rings. The Morgan fingerprint density at radius 2 is 1.93 bits per heavy atom. The third-order valence-corrected chi connectivity index (χ3v) is 7.40. The Hall–Kier alpha value is -4.49. The summed E-state index contributed by atoms with van der Waals surface area (Å²) in [6, 6.07) is 10.4. The summed E-state index contributed by atoms with van der Waals surface area (Å²) >= 11 is 0. The summed E-state index contributed by atoms with van der Waals surface area (Å²) in [5.41, 5.74) is -0.440. The molecule has 0 saturated carbocycles. The van der Waals surface area contributed by atoms with Gasteiger partial charge in [0.2, 0.25) is 5.88 Å². The molecule has 0 bridgehead atoms. The van der Waals surface area contributed by atoms with Crippen molar-refractivity contribution in [3.63, 3.8) is 0 Å². The molecule has 44 heavy (non-hydrogen) atoms. The van der Waals surface area contributed by atoms with Crippen LogP contribution in [0.2, 0.25) is 0 Å². The van der Waals surface area contributed by atoms with Crippen LogP contribution in [-0.4, -0.2) is 68.9 Å². The van der Waals surface area contributed by atoms with E-state index >= 15 is 0 Å². The van der Waals surface area contributed by atoms with E-state index in [2.05, 4.69) is 35.1 Å². The molecule has 13 heteroatoms. The minimum atomic E-state index is -4.63. The van der Waals surface area contributed by atoms with Crippen molar-refractivity contribution in [2.75, 3.05) is 32.5 Å². The highest BCUT2D eigenvalue weighted by atomic mass is 19.4. The molecular weight excluding hydrogens is 578 g/mol. The standard InChI is InChI=1S/C31H31F4N7O2/c1-4-27-37-18-38-28(40-27)23-6-5-12-36-30(23)44-22-9-10-25(32)24(15-22)29(43)39-26-14-20(31(33,34)35)8-7-19(26)16-42-13-11-21(17-42)41(2)3/h5-10,12,14-15,18,21H,4,11,13,16-17H2,1-3H3,(H,39,43)/t21-/m0/s1. The third kappa shape index (κ3) is 7.17. The van der Waals surface area contributed by atoms with Crippen LogP contribution in [0, 0.1) is 5.82 Å². The molecule has 1 saturated heterocycles. The number of amides is 1. The second-order valence-electron chi connectivity index (χ2n) is 10.6. The number of hydrogen-bond donors (Lipinski definition) is 1. The van der Waals surface area contributed by atoms with Gasteiger partial charge in [-0.05, 0) is 68.5 Å². The van der Waals surface area contributed by atoms with Gasteiger partial charge in [0.25, 0.3) is 5.91 Å². The Bertz CT molecular complexity index is 1650. The van der Waals surface area contributed by atoms with Crippen molar-refractivity contribution in [3.05, 3.63) is 89.4 Å². The van der Waals surface area contributed by atoms with Crippen LogP contribution in [0.3, 0.4) is 0 Å². The first kappa shape index (κ1) is 31.0. The lowest BCUT2D eigenvalue weighted by Gasteiger charge is -2.22. The monoisotopic (exact) mass is 609 g/mol. The van der Waals surface area contributed by atoms with E-state index in [1.165, 1.54) is 30.7 Å². The van der Waals surface area contributed by atoms with Crippen molar-refractivity contribution in [2.24, 2.45) is 0 Å². The van der Waals surface area contributed by atoms with Crippen LogP contribution in [0.15, 0.2) is 61.1 Å². The SMILES string of the molecule is CCc1ncnc(-c2cccnc2Oc2ccc(F)c(C(=O)Nc3cc(C(F)(F)F)ccc3CN3CC[C@H](N(C)C)C3)c2)n1. The fourth-order valence-electron chi connectivity index (χ4n) is 4.94. The van der Waals surface area contributed by atoms with Gasteiger partial charge in [0.1, 0.15) is 23.7 Å². The average Bonchev–Trinajstić information content (AvgIpc) is 3.48. The van der Waals surface area contributed by atoms with E-state index in [-0.39, 0.29) is 17.3 Å². The molecule has 0 radical (unpaired) electrons. The average molecular weight is 610 g/mol. The number of likely N-dealkylation sites (tertiary alicyclic amines) is 1. The number of carbonyl (C=O) groups is 1. The molecule has 1 aliphatic heterocycles. The lowest BCUT2D eigenvalue weighted by atomic mass is 10.1. The molecule has 0 aliphatic carbocycles. The van der Waals surface area contributed by atoms with Crippen LogP contribution in [0.4, 0.5) is 23.2 Å². The molecule has 1 aliphatic rings. The smallest absolute Gasteiger partial charge is 0.416 e. The number of alkyl halides is 3. The predicted molar refractivity (Wildman–Crippen MR) is 156 cm³/mol. The summed E-state index contributed by atoms with van der Waals surface area (Å²) in [6.45, 7) is 3.71. The Morgan fingerprint density at radius 1 is 1.11 bits per heavy atom. The van der Waals surface area contributed by atoms with E-state index < -0.39 is 29.0 Å². The van der Waals surface area contributed by atoms with Crippen LogP contribution in [0.1, 0.15) is 40.7 Å². The van der Waals surface area contributed by atoms with E-state index in [0.717, 1.165) is 37.7 Å². The van der Waals surface area contributed by atoms with Gasteiger partial charge in [0, 0.05) is 44.0 Å². The van der Waals surface area contributed by atoms with Gasteiger partial charge >= 0.3 is 6.18 Å². The van der Waals surface area contributed by atoms with Gasteiger partial charge < -0.3 is 15.0 Å². The zero-order valence-corrected chi connectivity index (χ0v) is 24.4. The number of pyridine rings is 1. The number of benzene rings is 2. The number of carbonyl (C=O) groups excluding carboxylic acids is 1. The number of aryl methyl sites for hydroxylation is 1. The molecule has 2 aromatic heterocycles. The Kier molecular flexibility index (Phi) is 9.16. The number of nitrogens with zero attached hydrogens (tertiary/aromatic N) is 6. The van der Waals surface area contributed by atoms with Crippen molar-refractivity contribution in [1.82, 2.24) is 29.7 Å². The van der Waals surface area contributed by atoms with Gasteiger partial charge in [-0.15, -0.1) is 0 Å². The number of aromatic nitrogens is 4. The first-order valence-electron chi connectivity index (χ1n) is 14.0. The number of nitrogens with one attached hydrogen (secondary N) is 1. The summed E-state index contributed by atoms with van der Waals surface area (Å²) < 4.78 is 61.7. The zero-order valence-electron chi connectivity index (χ0n) is 24.4. The maximum Gasteiger partial charge on any atom is 0.416 e. The minimum absolute atomic E-state index is 0.0441. The van der Waals surface area contributed by atoms with Gasteiger partial charge in [-0.2, -0.15) is 13.2 Å². The lowest BCUT2D eigenvalue weighted by Crippen LogP contribution is -2.31. The van der Waals surface area contributed by atoms with Crippen LogP contribution >= 0.6 is 0 Å². The van der Waals surface area contributed by atoms with Crippen molar-refractivity contribution >= 4 is 11.6 Å². The highest BCUT2D eigenvalue weighted by molar-refractivity contribution is 6.05. The second kappa shape index (κ2) is 13.0. The van der Waals surface area contributed by atoms with E-state index in [1.54, 1.807) is 12.1 Å². The lowest BCUT2D eigenvalue weighted by molar-refractivity contribution is -0.137. The van der Waals surface area contributed by atoms with Crippen molar-refractivity contribution < 1.29 is 27.1 Å². The van der Waals surface area contributed by atoms with Crippen molar-refractivity contribution in [1.29, 1.82) is 0 Å². The fourth-order valence-corrected chi connectivity index (χ4v) is 4.94. The molecular formula is C31H31F4N7O2. The highest BCUT2D eigenvalue weighted by Crippen LogP contribution is 2.34. The molecule has 3 heterocycles. The van der Waals surface area contributed by atoms with Gasteiger partial charge in [-0.25, -0.2) is 24.3 Å². The van der Waals surface area contributed by atoms with Gasteiger partial charge in [0.05, 0.1) is 16.7 Å². The highest BCUT2D eigenvalue weighted by Gasteiger charge is 2.32. The largest absolute Gasteiger partial charge is 0.438 e. The molecule has 0 spiro atoms. The maximum absolute atomic E-state index is 15.0. The van der Waals surface area contributed by atoms with Crippen LogP contribution in [-0.2, 0) is 19.1 Å². The normalized spacial score (nSPS) is 15.5. The zero-order chi connectivity index (χ0) is 31.4. The van der Waals surface area contributed by atoms with Gasteiger partial charge in [-0.3, -0.25) is 9.69 Å². The molecule has 1 amide bonds. The number of rotatable bonds is 9. The molecule has 4 aromatic rings. The van der Waals surface area contributed by atoms with Crippen molar-refractivity contribution in [3.8, 4) is 23.0 Å². The maximum atomic E-state index is 15.0. The van der Waals surface area contributed by atoms with Gasteiger partial charge in [0.15, 0.2) is 5.82 Å². The fraction of sp³-hybridized carbons (Fsp3) is 0.323. The Morgan fingerprint density at radius 3 is 2.66 bits per heavy atom. The van der Waals surface area contributed by atoms with Crippen LogP contribution in [0.25, 0.3) is 11.4 Å². The first-order chi connectivity index (χ1) is 21.0. The number of likely N-dealkylation sites (N-methyl/N-ethyl adjacent to an activating group) is 1. The van der Waals surface area contributed by atoms with Crippen molar-refractivity contribution in [2.45, 2.75) is 38.5 Å². The summed E-state index contributed by atoms with van der Waals surface area (Å²) in [7, 11) is 3.96. The summed E-state index contributed by atoms with van der Waals surface area (Å²) in [5.74, 6) is -0.706.